The summed E-state index contributed by atoms with van der Waals surface area (Å²) in [6, 6.07) is 12.2. The fourth-order valence-electron chi connectivity index (χ4n) is 13.5. The van der Waals surface area contributed by atoms with Gasteiger partial charge in [-0.2, -0.15) is 22.7 Å². The fraction of sp³-hybridized carbons (Fsp3) is 0.409. The van der Waals surface area contributed by atoms with Crippen molar-refractivity contribution in [3.63, 3.8) is 0 Å². The average molecular weight is 1120 g/mol. The number of benzene rings is 1. The van der Waals surface area contributed by atoms with Crippen molar-refractivity contribution in [1.82, 2.24) is 0 Å². The summed E-state index contributed by atoms with van der Waals surface area (Å²) in [6.45, 7) is 26.9. The summed E-state index contributed by atoms with van der Waals surface area (Å²) in [4.78, 5) is 40.5. The van der Waals surface area contributed by atoms with E-state index in [2.05, 4.69) is 73.8 Å². The van der Waals surface area contributed by atoms with Gasteiger partial charge in [-0.05, 0) is 130 Å². The molecule has 0 aliphatic heterocycles. The lowest BCUT2D eigenvalue weighted by molar-refractivity contribution is 0.103. The van der Waals surface area contributed by atoms with Crippen LogP contribution in [0.15, 0.2) is 68.3 Å². The van der Waals surface area contributed by atoms with Gasteiger partial charge in [0.1, 0.15) is 0 Å². The number of thiophene rings is 6. The largest absolute Gasteiger partial charge is 0.289 e. The number of hydrogen-bond acceptors (Lipinski definition) is 9. The number of carbonyl (C=O) groups excluding carboxylic acids is 2. The number of Topliss-reactive ketones (excluding diaryl/α,β-unsaturated/α-hetero) is 2. The van der Waals surface area contributed by atoms with Gasteiger partial charge < -0.3 is 0 Å². The van der Waals surface area contributed by atoms with E-state index >= 15 is 0 Å². The zero-order chi connectivity index (χ0) is 53.6. The molecule has 0 unspecified atom stereocenters. The number of allylic oxidation sites excluding steroid dienone is 6. The highest BCUT2D eigenvalue weighted by Crippen LogP contribution is 2.67. The van der Waals surface area contributed by atoms with E-state index < -0.39 is 0 Å². The molecule has 0 bridgehead atoms. The maximum absolute atomic E-state index is 14.1. The number of fused-ring (bicyclic) bond motifs is 12. The Hall–Kier alpha value is -5.29. The molecule has 0 saturated carbocycles. The Morgan fingerprint density at radius 3 is 1.32 bits per heavy atom. The van der Waals surface area contributed by atoms with E-state index in [1.165, 1.54) is 174 Å². The highest BCUT2D eigenvalue weighted by molar-refractivity contribution is 7.31. The number of rotatable bonds is 22. The maximum Gasteiger partial charge on any atom is 0.270 e. The van der Waals surface area contributed by atoms with Gasteiger partial charge in [0, 0.05) is 78.3 Å². The number of ketones is 2. The third-order valence-electron chi connectivity index (χ3n) is 17.2. The van der Waals surface area contributed by atoms with Crippen LogP contribution in [0.3, 0.4) is 0 Å². The number of carbonyl (C=O) groups is 2. The summed E-state index contributed by atoms with van der Waals surface area (Å²) in [6.07, 6.45) is 27.7. The molecule has 4 aliphatic carbocycles. The van der Waals surface area contributed by atoms with Gasteiger partial charge in [-0.1, -0.05) is 130 Å². The SMILES string of the molecule is [C-]#[N+]/C(C#N)=C1/C(=Cc2cc3sc4c(c3s2)C(CCCCCC)(CCCCCC)c2cc3c(cc2-4)C(CCCCCC)(CCCCCC)c2c-3sc3cc(C=C4C(=O)c5cscc5/C4=C(\C)[N+]#[C-])sc23)C(=O)c2cscc21. The summed E-state index contributed by atoms with van der Waals surface area (Å²) >= 11 is 10.5. The van der Waals surface area contributed by atoms with Crippen molar-refractivity contribution in [2.45, 2.75) is 174 Å². The third kappa shape index (κ3) is 8.99. The Morgan fingerprint density at radius 1 is 0.532 bits per heavy atom. The average Bonchev–Trinajstić information content (AvgIpc) is 4.11. The van der Waals surface area contributed by atoms with Crippen LogP contribution < -0.4 is 0 Å². The molecule has 0 radical (unpaired) electrons. The first-order valence-corrected chi connectivity index (χ1v) is 33.4. The molecule has 5 nitrogen and oxygen atoms in total. The van der Waals surface area contributed by atoms with Crippen LogP contribution in [0.25, 0.3) is 72.7 Å². The van der Waals surface area contributed by atoms with Gasteiger partial charge in [0.15, 0.2) is 17.3 Å². The molecule has 11 rings (SSSR count). The molecule has 6 heterocycles. The first-order valence-electron chi connectivity index (χ1n) is 28.2. The standard InChI is InChI=1S/C66H65N3O2S6/c1-8-12-16-20-24-65(25-21-17-13-9-2)50-33-43-51(32-42(50)61-57(65)63-53(76-61)30-40(74-63)28-44-55(39(5)68-6)46-35-72-37-48(46)59(44)70)66(26-22-18-14-10-3,27-23-19-15-11-4)58-62(43)77-54-31-41(75-64(54)58)29-45-56(52(34-67)69-7)47-36-73-38-49(47)60(45)71/h28-33,35-38H,8-27H2,1-5H3/b44-28?,45-29?,55-39+,56-52-. The van der Waals surface area contributed by atoms with E-state index in [0.717, 1.165) is 65.0 Å². The van der Waals surface area contributed by atoms with Crippen molar-refractivity contribution in [2.75, 3.05) is 0 Å². The van der Waals surface area contributed by atoms with Crippen LogP contribution >= 0.6 is 68.0 Å². The topological polar surface area (TPSA) is 66.7 Å². The monoisotopic (exact) mass is 1120 g/mol. The lowest BCUT2D eigenvalue weighted by Crippen LogP contribution is -2.27. The molecule has 11 heteroatoms. The second kappa shape index (κ2) is 22.5. The van der Waals surface area contributed by atoms with Crippen molar-refractivity contribution in [1.29, 1.82) is 5.26 Å². The summed E-state index contributed by atoms with van der Waals surface area (Å²) < 4.78 is 5.27. The molecular formula is C66H65N3O2S6. The predicted octanol–water partition coefficient (Wildman–Crippen LogP) is 22.1. The number of nitriles is 1. The third-order valence-corrected chi connectivity index (χ3v) is 23.5. The molecule has 0 N–H and O–H groups in total. The zero-order valence-electron chi connectivity index (χ0n) is 45.0. The Bertz CT molecular complexity index is 3730. The van der Waals surface area contributed by atoms with Crippen LogP contribution in [-0.4, -0.2) is 11.6 Å². The van der Waals surface area contributed by atoms with Crippen LogP contribution in [0, 0.1) is 24.5 Å². The van der Waals surface area contributed by atoms with E-state index in [4.69, 9.17) is 13.1 Å². The van der Waals surface area contributed by atoms with Crippen molar-refractivity contribution in [2.24, 2.45) is 0 Å². The molecule has 6 aromatic heterocycles. The van der Waals surface area contributed by atoms with Crippen molar-refractivity contribution in [3.05, 3.63) is 145 Å². The molecule has 77 heavy (non-hydrogen) atoms. The molecule has 0 amide bonds. The smallest absolute Gasteiger partial charge is 0.270 e. The van der Waals surface area contributed by atoms with Crippen LogP contribution in [0.4, 0.5) is 0 Å². The van der Waals surface area contributed by atoms with Crippen molar-refractivity contribution in [3.8, 4) is 27.0 Å². The van der Waals surface area contributed by atoms with E-state index in [1.807, 2.05) is 68.5 Å². The van der Waals surface area contributed by atoms with Crippen LogP contribution in [-0.2, 0) is 10.8 Å². The van der Waals surface area contributed by atoms with Gasteiger partial charge in [0.25, 0.3) is 5.70 Å². The normalized spacial score (nSPS) is 17.7. The molecule has 1 aromatic carbocycles. The summed E-state index contributed by atoms with van der Waals surface area (Å²) in [7, 11) is 0. The van der Waals surface area contributed by atoms with Gasteiger partial charge in [0.05, 0.1) is 28.6 Å². The number of hydrogen-bond donors (Lipinski definition) is 0. The molecule has 392 valence electrons. The number of nitrogens with zero attached hydrogens (tertiary/aromatic N) is 3. The van der Waals surface area contributed by atoms with Gasteiger partial charge in [-0.25, -0.2) is 15.0 Å². The first kappa shape index (κ1) is 53.7. The van der Waals surface area contributed by atoms with E-state index in [-0.39, 0.29) is 28.1 Å². The van der Waals surface area contributed by atoms with E-state index in [9.17, 15) is 14.9 Å². The Labute approximate surface area is 479 Å². The molecule has 0 fully saturated rings. The van der Waals surface area contributed by atoms with Crippen LogP contribution in [0.2, 0.25) is 0 Å². The zero-order valence-corrected chi connectivity index (χ0v) is 49.9. The summed E-state index contributed by atoms with van der Waals surface area (Å²) in [5, 5.41) is 17.8. The summed E-state index contributed by atoms with van der Waals surface area (Å²) in [5.74, 6) is -0.0814. The molecule has 4 aliphatic rings. The lowest BCUT2D eigenvalue weighted by atomic mass is 9.68. The van der Waals surface area contributed by atoms with Crippen molar-refractivity contribution < 1.29 is 9.59 Å². The highest BCUT2D eigenvalue weighted by Gasteiger charge is 2.51. The predicted molar refractivity (Wildman–Crippen MR) is 332 cm³/mol. The van der Waals surface area contributed by atoms with Gasteiger partial charge in [0.2, 0.25) is 0 Å². The lowest BCUT2D eigenvalue weighted by Gasteiger charge is -2.35. The Balaban J connectivity index is 1.11. The Morgan fingerprint density at radius 2 is 0.935 bits per heavy atom. The summed E-state index contributed by atoms with van der Waals surface area (Å²) in [5.41, 5.74) is 14.4. The molecule has 0 atom stereocenters. The second-order valence-corrected chi connectivity index (χ2v) is 27.6. The quantitative estimate of drug-likeness (QED) is 0.0294. The maximum atomic E-state index is 14.1. The van der Waals surface area contributed by atoms with E-state index in [0.29, 0.717) is 33.5 Å². The van der Waals surface area contributed by atoms with Gasteiger partial charge in [-0.15, -0.1) is 45.3 Å². The minimum atomic E-state index is -0.170. The van der Waals surface area contributed by atoms with Gasteiger partial charge >= 0.3 is 0 Å². The van der Waals surface area contributed by atoms with Gasteiger partial charge in [-0.3, -0.25) is 9.59 Å². The minimum absolute atomic E-state index is 0.0244. The van der Waals surface area contributed by atoms with Crippen molar-refractivity contribution >= 4 is 122 Å². The van der Waals surface area contributed by atoms with E-state index in [1.54, 1.807) is 11.3 Å². The molecular weight excluding hydrogens is 1060 g/mol. The van der Waals surface area contributed by atoms with Crippen LogP contribution in [0.1, 0.15) is 227 Å². The fourth-order valence-corrected chi connectivity index (χ4v) is 20.8. The second-order valence-electron chi connectivity index (χ2n) is 21.8. The number of unbranched alkanes of at least 4 members (excludes halogenated alkanes) is 12. The molecule has 0 saturated heterocycles. The molecule has 0 spiro atoms. The highest BCUT2D eigenvalue weighted by atomic mass is 32.1. The Kier molecular flexibility index (Phi) is 15.7. The first-order chi connectivity index (χ1) is 37.6. The molecule has 7 aromatic rings. The minimum Gasteiger partial charge on any atom is -0.289 e. The van der Waals surface area contributed by atoms with Crippen LogP contribution in [0.5, 0.6) is 0 Å².